The van der Waals surface area contributed by atoms with Crippen LogP contribution in [0.2, 0.25) is 0 Å². The van der Waals surface area contributed by atoms with Gasteiger partial charge in [-0.2, -0.15) is 5.10 Å². The van der Waals surface area contributed by atoms with E-state index in [4.69, 9.17) is 0 Å². The number of aromatic nitrogens is 2. The van der Waals surface area contributed by atoms with Gasteiger partial charge in [-0.25, -0.2) is 4.68 Å². The van der Waals surface area contributed by atoms with Gasteiger partial charge in [0.15, 0.2) is 0 Å². The summed E-state index contributed by atoms with van der Waals surface area (Å²) in [6.07, 6.45) is 1.67. The Kier molecular flexibility index (Phi) is 5.91. The quantitative estimate of drug-likeness (QED) is 0.773. The zero-order valence-corrected chi connectivity index (χ0v) is 9.10. The third kappa shape index (κ3) is 3.35. The number of likely N-dealkylation sites (N-methyl/N-ethyl adjacent to an activating group) is 1. The minimum Gasteiger partial charge on any atom is -0.311 e. The number of carbonyl (C=O) groups is 1. The minimum atomic E-state index is -0.0577. The molecule has 6 heteroatoms. The molecule has 0 fully saturated rings. The van der Waals surface area contributed by atoms with Gasteiger partial charge in [-0.1, -0.05) is 0 Å². The average Bonchev–Trinajstić information content (AvgIpc) is 2.52. The van der Waals surface area contributed by atoms with Crippen LogP contribution in [0.5, 0.6) is 0 Å². The maximum atomic E-state index is 11.2. The van der Waals surface area contributed by atoms with Crippen molar-refractivity contribution in [3.05, 3.63) is 12.3 Å². The highest BCUT2D eigenvalue weighted by molar-refractivity contribution is 5.91. The molecule has 1 aromatic heterocycles. The zero-order chi connectivity index (χ0) is 9.68. The van der Waals surface area contributed by atoms with Gasteiger partial charge in [0.2, 0.25) is 5.91 Å². The molecule has 1 aromatic rings. The lowest BCUT2D eigenvalue weighted by atomic mass is 10.5. The maximum Gasteiger partial charge on any atom is 0.239 e. The summed E-state index contributed by atoms with van der Waals surface area (Å²) in [4.78, 5) is 11.2. The number of hydrogen-bond donors (Lipinski definition) is 2. The molecule has 1 heterocycles. The Morgan fingerprint density at radius 3 is 2.93 bits per heavy atom. The van der Waals surface area contributed by atoms with Crippen molar-refractivity contribution < 1.29 is 4.79 Å². The Hall–Kier alpha value is -1.07. The molecule has 0 atom stereocenters. The molecule has 0 aliphatic heterocycles. The number of nitrogens with one attached hydrogen (secondary N) is 2. The standard InChI is InChI=1S/C8H14N4O.ClH/c1-3-12-7(4-5-10-12)11-8(13)6-9-2;/h4-5,9H,3,6H2,1-2H3,(H,11,13);1H. The van der Waals surface area contributed by atoms with Crippen LogP contribution in [0.3, 0.4) is 0 Å². The van der Waals surface area contributed by atoms with Crippen LogP contribution in [0.1, 0.15) is 6.92 Å². The molecule has 80 valence electrons. The van der Waals surface area contributed by atoms with Crippen LogP contribution in [0.25, 0.3) is 0 Å². The largest absolute Gasteiger partial charge is 0.311 e. The fraction of sp³-hybridized carbons (Fsp3) is 0.500. The Bertz CT molecular complexity index is 287. The lowest BCUT2D eigenvalue weighted by Crippen LogP contribution is -2.26. The molecule has 0 aliphatic carbocycles. The molecule has 0 aromatic carbocycles. The molecule has 0 saturated heterocycles. The third-order valence-corrected chi connectivity index (χ3v) is 1.62. The van der Waals surface area contributed by atoms with Gasteiger partial charge in [0.05, 0.1) is 12.7 Å². The van der Waals surface area contributed by atoms with Gasteiger partial charge in [0.1, 0.15) is 5.82 Å². The summed E-state index contributed by atoms with van der Waals surface area (Å²) in [5.41, 5.74) is 0. The predicted octanol–water partition coefficient (Wildman–Crippen LogP) is 0.483. The van der Waals surface area contributed by atoms with E-state index in [1.165, 1.54) is 0 Å². The van der Waals surface area contributed by atoms with E-state index >= 15 is 0 Å². The van der Waals surface area contributed by atoms with Crippen molar-refractivity contribution in [1.29, 1.82) is 0 Å². The van der Waals surface area contributed by atoms with E-state index in [2.05, 4.69) is 15.7 Å². The van der Waals surface area contributed by atoms with Crippen LogP contribution in [0.15, 0.2) is 12.3 Å². The molecule has 2 N–H and O–H groups in total. The number of amides is 1. The lowest BCUT2D eigenvalue weighted by Gasteiger charge is -2.05. The van der Waals surface area contributed by atoms with Gasteiger partial charge in [-0.3, -0.25) is 4.79 Å². The van der Waals surface area contributed by atoms with E-state index in [0.29, 0.717) is 6.54 Å². The van der Waals surface area contributed by atoms with Gasteiger partial charge in [-0.05, 0) is 14.0 Å². The van der Waals surface area contributed by atoms with Crippen LogP contribution in [0, 0.1) is 0 Å². The number of halogens is 1. The van der Waals surface area contributed by atoms with Crippen LogP contribution in [0.4, 0.5) is 5.82 Å². The normalized spacial score (nSPS) is 9.29. The Morgan fingerprint density at radius 1 is 1.64 bits per heavy atom. The minimum absolute atomic E-state index is 0. The molecule has 0 saturated carbocycles. The highest BCUT2D eigenvalue weighted by atomic mass is 35.5. The number of aryl methyl sites for hydroxylation is 1. The van der Waals surface area contributed by atoms with Crippen molar-refractivity contribution in [1.82, 2.24) is 15.1 Å². The Balaban J connectivity index is 0.00000169. The molecule has 14 heavy (non-hydrogen) atoms. The summed E-state index contributed by atoms with van der Waals surface area (Å²) in [6.45, 7) is 3.04. The summed E-state index contributed by atoms with van der Waals surface area (Å²) in [5.74, 6) is 0.681. The van der Waals surface area contributed by atoms with Crippen molar-refractivity contribution in [3.63, 3.8) is 0 Å². The third-order valence-electron chi connectivity index (χ3n) is 1.62. The number of rotatable bonds is 4. The molecule has 0 spiro atoms. The van der Waals surface area contributed by atoms with E-state index in [1.807, 2.05) is 6.92 Å². The highest BCUT2D eigenvalue weighted by Gasteiger charge is 2.03. The van der Waals surface area contributed by atoms with E-state index in [0.717, 1.165) is 12.4 Å². The van der Waals surface area contributed by atoms with Crippen molar-refractivity contribution in [2.45, 2.75) is 13.5 Å². The maximum absolute atomic E-state index is 11.2. The number of nitrogens with zero attached hydrogens (tertiary/aromatic N) is 2. The Morgan fingerprint density at radius 2 is 2.36 bits per heavy atom. The molecular weight excluding hydrogens is 204 g/mol. The van der Waals surface area contributed by atoms with Crippen LogP contribution in [-0.4, -0.2) is 29.3 Å². The van der Waals surface area contributed by atoms with Crippen LogP contribution in [-0.2, 0) is 11.3 Å². The van der Waals surface area contributed by atoms with E-state index in [9.17, 15) is 4.79 Å². The summed E-state index contributed by atoms with van der Waals surface area (Å²) < 4.78 is 1.73. The molecule has 0 radical (unpaired) electrons. The summed E-state index contributed by atoms with van der Waals surface area (Å²) in [5, 5.41) is 9.55. The van der Waals surface area contributed by atoms with E-state index in [-0.39, 0.29) is 18.3 Å². The molecule has 1 rings (SSSR count). The van der Waals surface area contributed by atoms with Crippen molar-refractivity contribution >= 4 is 24.1 Å². The smallest absolute Gasteiger partial charge is 0.239 e. The van der Waals surface area contributed by atoms with E-state index in [1.54, 1.807) is 24.0 Å². The molecule has 1 amide bonds. The van der Waals surface area contributed by atoms with Gasteiger partial charge < -0.3 is 10.6 Å². The summed E-state index contributed by atoms with van der Waals surface area (Å²) >= 11 is 0. The number of carbonyl (C=O) groups excluding carboxylic acids is 1. The lowest BCUT2D eigenvalue weighted by molar-refractivity contribution is -0.115. The first-order valence-corrected chi connectivity index (χ1v) is 4.24. The SMILES string of the molecule is CCn1nccc1NC(=O)CNC.Cl. The Labute approximate surface area is 89.3 Å². The second-order valence-electron chi connectivity index (χ2n) is 2.61. The molecule has 5 nitrogen and oxygen atoms in total. The molecule has 0 aliphatic rings. The van der Waals surface area contributed by atoms with Gasteiger partial charge in [0.25, 0.3) is 0 Å². The van der Waals surface area contributed by atoms with Crippen molar-refractivity contribution in [2.75, 3.05) is 18.9 Å². The number of hydrogen-bond acceptors (Lipinski definition) is 3. The molecule has 0 unspecified atom stereocenters. The average molecular weight is 219 g/mol. The monoisotopic (exact) mass is 218 g/mol. The summed E-state index contributed by atoms with van der Waals surface area (Å²) in [7, 11) is 1.73. The molecule has 0 bridgehead atoms. The van der Waals surface area contributed by atoms with E-state index < -0.39 is 0 Å². The number of anilines is 1. The first-order chi connectivity index (χ1) is 6.27. The fourth-order valence-electron chi connectivity index (χ4n) is 1.04. The van der Waals surface area contributed by atoms with Crippen molar-refractivity contribution in [3.8, 4) is 0 Å². The highest BCUT2D eigenvalue weighted by Crippen LogP contribution is 2.04. The topological polar surface area (TPSA) is 59.0 Å². The van der Waals surface area contributed by atoms with Crippen LogP contribution >= 0.6 is 12.4 Å². The second-order valence-corrected chi connectivity index (χ2v) is 2.61. The van der Waals surface area contributed by atoms with Gasteiger partial charge >= 0.3 is 0 Å². The zero-order valence-electron chi connectivity index (χ0n) is 8.28. The fourth-order valence-corrected chi connectivity index (χ4v) is 1.04. The van der Waals surface area contributed by atoms with Crippen LogP contribution < -0.4 is 10.6 Å². The first-order valence-electron chi connectivity index (χ1n) is 4.24. The molecular formula is C8H15ClN4O. The van der Waals surface area contributed by atoms with Gasteiger partial charge in [-0.15, -0.1) is 12.4 Å². The van der Waals surface area contributed by atoms with Gasteiger partial charge in [0, 0.05) is 12.6 Å². The predicted molar refractivity (Wildman–Crippen MR) is 57.7 cm³/mol. The first kappa shape index (κ1) is 12.9. The second kappa shape index (κ2) is 6.39. The summed E-state index contributed by atoms with van der Waals surface area (Å²) in [6, 6.07) is 1.77. The van der Waals surface area contributed by atoms with Crippen molar-refractivity contribution in [2.24, 2.45) is 0 Å².